The molecule has 1 aliphatic rings. The van der Waals surface area contributed by atoms with Crippen molar-refractivity contribution in [3.8, 4) is 5.75 Å². The lowest BCUT2D eigenvalue weighted by molar-refractivity contribution is -0.130. The predicted octanol–water partition coefficient (Wildman–Crippen LogP) is 5.16. The number of nitrogens with one attached hydrogen (secondary N) is 2. The molecule has 1 aliphatic heterocycles. The normalized spacial score (nSPS) is 17.0. The van der Waals surface area contributed by atoms with Gasteiger partial charge in [0.2, 0.25) is 5.90 Å². The largest absolute Gasteiger partial charge is 0.494 e. The molecule has 0 spiro atoms. The number of amides is 1. The number of carbonyl (C=O) groups is 1. The number of azide groups is 2. The molecule has 3 aromatic rings. The maximum Gasteiger partial charge on any atom is 0.266 e. The van der Waals surface area contributed by atoms with Gasteiger partial charge in [-0.2, -0.15) is 0 Å². The number of carbonyl (C=O) groups excluding carboxylic acids is 1. The van der Waals surface area contributed by atoms with Crippen molar-refractivity contribution in [3.63, 3.8) is 0 Å². The van der Waals surface area contributed by atoms with E-state index in [-0.39, 0.29) is 38.6 Å². The minimum atomic E-state index is -1.63. The van der Waals surface area contributed by atoms with Crippen LogP contribution in [0.4, 0.5) is 4.39 Å². The highest BCUT2D eigenvalue weighted by molar-refractivity contribution is 6.01. The number of aliphatic hydroxyl groups excluding tert-OH is 1. The number of ether oxygens (including phenoxy) is 2. The fraction of sp³-hybridized carbons (Fsp3) is 0.333. The zero-order chi connectivity index (χ0) is 31.2. The van der Waals surface area contributed by atoms with E-state index in [1.54, 1.807) is 60.7 Å². The smallest absolute Gasteiger partial charge is 0.266 e. The molecule has 0 aromatic heterocycles. The molecule has 0 radical (unpaired) electrons. The van der Waals surface area contributed by atoms with Crippen LogP contribution in [-0.4, -0.2) is 48.9 Å². The van der Waals surface area contributed by atoms with E-state index in [1.807, 2.05) is 12.1 Å². The summed E-state index contributed by atoms with van der Waals surface area (Å²) in [5.41, 5.74) is 24.7. The number of halogens is 1. The van der Waals surface area contributed by atoms with E-state index in [4.69, 9.17) is 30.6 Å². The van der Waals surface area contributed by atoms with Gasteiger partial charge in [0.05, 0.1) is 19.7 Å². The van der Waals surface area contributed by atoms with Gasteiger partial charge >= 0.3 is 0 Å². The van der Waals surface area contributed by atoms with Crippen molar-refractivity contribution >= 4 is 11.8 Å². The Labute approximate surface area is 253 Å². The first-order valence-corrected chi connectivity index (χ1v) is 13.9. The maximum atomic E-state index is 14.2. The Hall–Kier alpha value is -5.13. The van der Waals surface area contributed by atoms with Crippen molar-refractivity contribution in [3.05, 3.63) is 121 Å². The zero-order valence-corrected chi connectivity index (χ0v) is 23.8. The highest BCUT2D eigenvalue weighted by Gasteiger charge is 2.54. The van der Waals surface area contributed by atoms with Gasteiger partial charge in [-0.05, 0) is 57.6 Å². The number of aliphatic hydroxyl groups is 1. The number of benzene rings is 3. The second-order valence-electron chi connectivity index (χ2n) is 9.78. The molecule has 0 saturated carbocycles. The Bertz CT molecular complexity index is 1560. The standard InChI is InChI=1S/C30H32FN9O4/c31-14-15-34-38-29(42)30(18-22-6-1-2-7-23(22)19-35-39-32)27(26-9-4-3-8-24(26)20-36-40-33)44-28(37-30)21-10-12-25(13-11-21)43-17-5-16-41/h1-4,6-13,27,34,41H,5,14-20H2,(H,38,42)/t27-,30-/m0/s1. The van der Waals surface area contributed by atoms with Crippen LogP contribution >= 0.6 is 0 Å². The van der Waals surface area contributed by atoms with Gasteiger partial charge in [0.15, 0.2) is 11.6 Å². The summed E-state index contributed by atoms with van der Waals surface area (Å²) in [7, 11) is 0. The molecule has 0 aliphatic carbocycles. The van der Waals surface area contributed by atoms with Gasteiger partial charge in [0.25, 0.3) is 5.91 Å². The first-order chi connectivity index (χ1) is 21.6. The highest BCUT2D eigenvalue weighted by Crippen LogP contribution is 2.44. The molecule has 3 N–H and O–H groups in total. The van der Waals surface area contributed by atoms with Gasteiger partial charge in [0.1, 0.15) is 12.4 Å². The summed E-state index contributed by atoms with van der Waals surface area (Å²) in [6.07, 6.45) is -0.480. The number of rotatable bonds is 16. The van der Waals surface area contributed by atoms with Gasteiger partial charge < -0.3 is 14.6 Å². The minimum absolute atomic E-state index is 0.00696. The SMILES string of the molecule is [N-]=[N+]=NCc1ccccc1C[C@]1(C(=O)NNCCF)N=C(c2ccc(OCCCO)cc2)O[C@H]1c1ccccc1CN=[N+]=[N-]. The zero-order valence-electron chi connectivity index (χ0n) is 23.8. The van der Waals surface area contributed by atoms with Crippen molar-refractivity contribution in [1.82, 2.24) is 10.9 Å². The monoisotopic (exact) mass is 601 g/mol. The summed E-state index contributed by atoms with van der Waals surface area (Å²) in [4.78, 5) is 24.9. The van der Waals surface area contributed by atoms with Crippen LogP contribution in [0.2, 0.25) is 0 Å². The van der Waals surface area contributed by atoms with Gasteiger partial charge in [-0.1, -0.05) is 58.8 Å². The van der Waals surface area contributed by atoms with Crippen LogP contribution in [0.25, 0.3) is 20.9 Å². The van der Waals surface area contributed by atoms with Crippen LogP contribution in [0.1, 0.15) is 40.3 Å². The molecule has 2 atom stereocenters. The fourth-order valence-electron chi connectivity index (χ4n) is 4.88. The first kappa shape index (κ1) is 31.8. The molecule has 13 nitrogen and oxygen atoms in total. The molecule has 228 valence electrons. The molecule has 14 heteroatoms. The van der Waals surface area contributed by atoms with Crippen molar-refractivity contribution in [1.29, 1.82) is 0 Å². The molecular weight excluding hydrogens is 569 g/mol. The lowest BCUT2D eigenvalue weighted by atomic mass is 9.80. The summed E-state index contributed by atoms with van der Waals surface area (Å²) in [6, 6.07) is 21.4. The molecule has 44 heavy (non-hydrogen) atoms. The van der Waals surface area contributed by atoms with Crippen molar-refractivity contribution in [2.45, 2.75) is 37.6 Å². The van der Waals surface area contributed by atoms with Crippen molar-refractivity contribution in [2.75, 3.05) is 26.4 Å². The van der Waals surface area contributed by atoms with E-state index in [9.17, 15) is 9.18 Å². The third-order valence-electron chi connectivity index (χ3n) is 6.98. The minimum Gasteiger partial charge on any atom is -0.494 e. The van der Waals surface area contributed by atoms with Crippen LogP contribution in [-0.2, 0) is 29.0 Å². The van der Waals surface area contributed by atoms with Crippen LogP contribution in [0, 0.1) is 0 Å². The second kappa shape index (κ2) is 15.9. The summed E-state index contributed by atoms with van der Waals surface area (Å²) < 4.78 is 25.2. The fourth-order valence-corrected chi connectivity index (χ4v) is 4.88. The summed E-state index contributed by atoms with van der Waals surface area (Å²) in [6.45, 7) is -0.408. The van der Waals surface area contributed by atoms with E-state index in [0.717, 1.165) is 0 Å². The Morgan fingerprint density at radius 2 is 1.66 bits per heavy atom. The van der Waals surface area contributed by atoms with Crippen LogP contribution in [0.5, 0.6) is 5.75 Å². The molecule has 3 aromatic carbocycles. The summed E-state index contributed by atoms with van der Waals surface area (Å²) in [5, 5.41) is 16.5. The highest BCUT2D eigenvalue weighted by atomic mass is 19.1. The Balaban J connectivity index is 1.86. The van der Waals surface area contributed by atoms with Gasteiger partial charge in [-0.25, -0.2) is 14.8 Å². The van der Waals surface area contributed by atoms with E-state index in [1.165, 1.54) is 0 Å². The molecule has 0 bridgehead atoms. The summed E-state index contributed by atoms with van der Waals surface area (Å²) in [5.74, 6) is 0.194. The Morgan fingerprint density at radius 1 is 1.00 bits per heavy atom. The Kier molecular flexibility index (Phi) is 11.5. The topological polar surface area (TPSA) is 190 Å². The van der Waals surface area contributed by atoms with E-state index in [2.05, 4.69) is 30.9 Å². The average Bonchev–Trinajstić information content (AvgIpc) is 3.44. The van der Waals surface area contributed by atoms with E-state index >= 15 is 0 Å². The van der Waals surface area contributed by atoms with Crippen LogP contribution in [0.15, 0.2) is 88.0 Å². The molecular formula is C30H32FN9O4. The molecule has 0 saturated heterocycles. The first-order valence-electron chi connectivity index (χ1n) is 13.9. The molecule has 1 amide bonds. The molecule has 4 rings (SSSR count). The number of nitrogens with zero attached hydrogens (tertiary/aromatic N) is 7. The third kappa shape index (κ3) is 7.63. The quantitative estimate of drug-likeness (QED) is 0.0671. The van der Waals surface area contributed by atoms with Crippen LogP contribution < -0.4 is 15.6 Å². The maximum absolute atomic E-state index is 14.2. The number of hydrazine groups is 1. The molecule has 1 heterocycles. The van der Waals surface area contributed by atoms with E-state index < -0.39 is 24.2 Å². The van der Waals surface area contributed by atoms with Gasteiger partial charge in [-0.3, -0.25) is 10.2 Å². The van der Waals surface area contributed by atoms with Crippen molar-refractivity contribution < 1.29 is 23.8 Å². The number of aliphatic imine (C=N–C) groups is 1. The lowest BCUT2D eigenvalue weighted by Crippen LogP contribution is -2.54. The van der Waals surface area contributed by atoms with Crippen LogP contribution in [0.3, 0.4) is 0 Å². The molecule has 0 fully saturated rings. The number of alkyl halides is 1. The third-order valence-corrected chi connectivity index (χ3v) is 6.98. The Morgan fingerprint density at radius 3 is 2.34 bits per heavy atom. The lowest BCUT2D eigenvalue weighted by Gasteiger charge is -2.32. The van der Waals surface area contributed by atoms with E-state index in [0.29, 0.717) is 46.6 Å². The number of hydrogen-bond donors (Lipinski definition) is 3. The predicted molar refractivity (Wildman–Crippen MR) is 161 cm³/mol. The molecule has 0 unspecified atom stereocenters. The van der Waals surface area contributed by atoms with Gasteiger partial charge in [0, 0.05) is 41.4 Å². The summed E-state index contributed by atoms with van der Waals surface area (Å²) >= 11 is 0. The van der Waals surface area contributed by atoms with Crippen molar-refractivity contribution in [2.24, 2.45) is 15.2 Å². The van der Waals surface area contributed by atoms with Gasteiger partial charge in [-0.15, -0.1) is 0 Å². The average molecular weight is 602 g/mol. The second-order valence-corrected chi connectivity index (χ2v) is 9.78. The number of hydrogen-bond acceptors (Lipinski definition) is 8.